The summed E-state index contributed by atoms with van der Waals surface area (Å²) in [6.07, 6.45) is 9.23. The van der Waals surface area contributed by atoms with E-state index in [1.807, 2.05) is 6.20 Å². The van der Waals surface area contributed by atoms with Crippen molar-refractivity contribution in [3.8, 4) is 0 Å². The van der Waals surface area contributed by atoms with Crippen molar-refractivity contribution in [1.29, 1.82) is 0 Å². The number of fused-ring (bicyclic) bond motifs is 1. The van der Waals surface area contributed by atoms with Gasteiger partial charge in [-0.05, 0) is 74.3 Å². The molecule has 28 heavy (non-hydrogen) atoms. The van der Waals surface area contributed by atoms with Crippen LogP contribution in [0.5, 0.6) is 0 Å². The summed E-state index contributed by atoms with van der Waals surface area (Å²) in [5.41, 5.74) is 5.01. The van der Waals surface area contributed by atoms with Gasteiger partial charge < -0.3 is 15.2 Å². The number of imidazole rings is 1. The Labute approximate surface area is 168 Å². The van der Waals surface area contributed by atoms with Crippen LogP contribution in [0.25, 0.3) is 0 Å². The van der Waals surface area contributed by atoms with Gasteiger partial charge in [0, 0.05) is 38.1 Å². The molecule has 1 saturated carbocycles. The molecule has 1 atom stereocenters. The number of hydrogen-bond acceptors (Lipinski definition) is 4. The number of aryl methyl sites for hydroxylation is 1. The highest BCUT2D eigenvalue weighted by molar-refractivity contribution is 5.34. The third-order valence-electron chi connectivity index (χ3n) is 7.22. The molecule has 0 radical (unpaired) electrons. The van der Waals surface area contributed by atoms with E-state index in [0.717, 1.165) is 39.1 Å². The van der Waals surface area contributed by atoms with E-state index >= 15 is 0 Å². The lowest BCUT2D eigenvalue weighted by molar-refractivity contribution is 0.182. The molecule has 2 aliphatic heterocycles. The molecule has 0 amide bonds. The van der Waals surface area contributed by atoms with Crippen LogP contribution in [-0.2, 0) is 32.6 Å². The number of benzene rings is 1. The normalized spacial score (nSPS) is 23.1. The van der Waals surface area contributed by atoms with Gasteiger partial charge in [0.1, 0.15) is 5.82 Å². The highest BCUT2D eigenvalue weighted by Crippen LogP contribution is 2.56. The van der Waals surface area contributed by atoms with E-state index < -0.39 is 0 Å². The first-order valence-corrected chi connectivity index (χ1v) is 11.0. The summed E-state index contributed by atoms with van der Waals surface area (Å²) in [6.45, 7) is 9.67. The smallest absolute Gasteiger partial charge is 0.122 e. The Morgan fingerprint density at radius 2 is 2.04 bits per heavy atom. The SMILES string of the molecule is CCn1ccnc1CN(Cc1ccc2c(c1)CNCC2)C1CC12CCNCC2. The summed E-state index contributed by atoms with van der Waals surface area (Å²) in [6, 6.07) is 7.87. The van der Waals surface area contributed by atoms with Gasteiger partial charge in [-0.1, -0.05) is 18.2 Å². The highest BCUT2D eigenvalue weighted by atomic mass is 15.2. The molecule has 1 aromatic heterocycles. The van der Waals surface area contributed by atoms with Gasteiger partial charge in [-0.3, -0.25) is 4.90 Å². The second-order valence-corrected chi connectivity index (χ2v) is 8.90. The van der Waals surface area contributed by atoms with Crippen LogP contribution in [0.4, 0.5) is 0 Å². The van der Waals surface area contributed by atoms with Gasteiger partial charge in [-0.15, -0.1) is 0 Å². The zero-order valence-electron chi connectivity index (χ0n) is 17.1. The molecule has 2 fully saturated rings. The molecule has 1 spiro atoms. The molecule has 3 aliphatic rings. The standard InChI is InChI=1S/C23H33N5/c1-2-27-12-11-26-22(27)17-28(21-14-23(21)6-9-24-10-7-23)16-18-3-4-19-5-8-25-15-20(19)13-18/h3-4,11-13,21,24-25H,2,5-10,14-17H2,1H3. The Morgan fingerprint density at radius 1 is 1.14 bits per heavy atom. The van der Waals surface area contributed by atoms with Crippen LogP contribution in [0.1, 0.15) is 48.7 Å². The van der Waals surface area contributed by atoms with Crippen LogP contribution in [0.2, 0.25) is 0 Å². The molecule has 1 unspecified atom stereocenters. The highest BCUT2D eigenvalue weighted by Gasteiger charge is 2.56. The molecule has 5 nitrogen and oxygen atoms in total. The Hall–Kier alpha value is -1.69. The average molecular weight is 380 g/mol. The quantitative estimate of drug-likeness (QED) is 0.810. The Balaban J connectivity index is 1.38. The summed E-state index contributed by atoms with van der Waals surface area (Å²) in [4.78, 5) is 7.40. The second-order valence-electron chi connectivity index (χ2n) is 8.90. The van der Waals surface area contributed by atoms with Crippen LogP contribution in [0.3, 0.4) is 0 Å². The molecular weight excluding hydrogens is 346 g/mol. The largest absolute Gasteiger partial charge is 0.334 e. The zero-order chi connectivity index (χ0) is 19.0. The van der Waals surface area contributed by atoms with Gasteiger partial charge in [-0.2, -0.15) is 0 Å². The van der Waals surface area contributed by atoms with Gasteiger partial charge in [0.15, 0.2) is 0 Å². The van der Waals surface area contributed by atoms with Gasteiger partial charge in [-0.25, -0.2) is 4.98 Å². The number of piperidine rings is 1. The second kappa shape index (κ2) is 7.62. The molecule has 3 heterocycles. The van der Waals surface area contributed by atoms with E-state index in [0.29, 0.717) is 11.5 Å². The van der Waals surface area contributed by atoms with E-state index in [2.05, 4.69) is 56.4 Å². The fourth-order valence-electron chi connectivity index (χ4n) is 5.41. The van der Waals surface area contributed by atoms with Crippen molar-refractivity contribution in [3.05, 3.63) is 53.1 Å². The lowest BCUT2D eigenvalue weighted by Gasteiger charge is -2.30. The van der Waals surface area contributed by atoms with Gasteiger partial charge in [0.25, 0.3) is 0 Å². The minimum absolute atomic E-state index is 0.546. The van der Waals surface area contributed by atoms with Crippen LogP contribution in [0, 0.1) is 5.41 Å². The predicted octanol–water partition coefficient (Wildman–Crippen LogP) is 2.69. The predicted molar refractivity (Wildman–Crippen MR) is 112 cm³/mol. The first-order chi connectivity index (χ1) is 13.8. The Kier molecular flexibility index (Phi) is 4.99. The number of aromatic nitrogens is 2. The fourth-order valence-corrected chi connectivity index (χ4v) is 5.41. The molecule has 5 rings (SSSR count). The average Bonchev–Trinajstić information content (AvgIpc) is 3.22. The number of rotatable bonds is 6. The maximum absolute atomic E-state index is 4.68. The van der Waals surface area contributed by atoms with Crippen molar-refractivity contribution in [1.82, 2.24) is 25.1 Å². The molecule has 2 aromatic rings. The molecule has 2 N–H and O–H groups in total. The van der Waals surface area contributed by atoms with E-state index in [1.54, 1.807) is 0 Å². The summed E-state index contributed by atoms with van der Waals surface area (Å²) in [5.74, 6) is 1.21. The number of hydrogen-bond donors (Lipinski definition) is 2. The minimum Gasteiger partial charge on any atom is -0.334 e. The maximum atomic E-state index is 4.68. The lowest BCUT2D eigenvalue weighted by atomic mass is 9.93. The van der Waals surface area contributed by atoms with E-state index in [1.165, 1.54) is 54.9 Å². The molecule has 150 valence electrons. The molecule has 5 heteroatoms. The Bertz CT molecular complexity index is 820. The van der Waals surface area contributed by atoms with E-state index in [-0.39, 0.29) is 0 Å². The molecule has 1 aliphatic carbocycles. The number of nitrogens with one attached hydrogen (secondary N) is 2. The van der Waals surface area contributed by atoms with Crippen LogP contribution >= 0.6 is 0 Å². The molecule has 1 saturated heterocycles. The monoisotopic (exact) mass is 379 g/mol. The first-order valence-electron chi connectivity index (χ1n) is 11.0. The molecule has 0 bridgehead atoms. The minimum atomic E-state index is 0.546. The van der Waals surface area contributed by atoms with Crippen molar-refractivity contribution >= 4 is 0 Å². The first kappa shape index (κ1) is 18.3. The Morgan fingerprint density at radius 3 is 2.89 bits per heavy atom. The van der Waals surface area contributed by atoms with Crippen molar-refractivity contribution in [2.45, 2.75) is 64.8 Å². The van der Waals surface area contributed by atoms with Gasteiger partial charge in [0.05, 0.1) is 6.54 Å². The van der Waals surface area contributed by atoms with Crippen molar-refractivity contribution in [2.75, 3.05) is 19.6 Å². The van der Waals surface area contributed by atoms with Crippen LogP contribution in [0.15, 0.2) is 30.6 Å². The molecule has 1 aromatic carbocycles. The summed E-state index contributed by atoms with van der Waals surface area (Å²) >= 11 is 0. The topological polar surface area (TPSA) is 45.1 Å². The van der Waals surface area contributed by atoms with E-state index in [9.17, 15) is 0 Å². The van der Waals surface area contributed by atoms with Crippen molar-refractivity contribution < 1.29 is 0 Å². The summed E-state index contributed by atoms with van der Waals surface area (Å²) in [7, 11) is 0. The van der Waals surface area contributed by atoms with Gasteiger partial charge >= 0.3 is 0 Å². The lowest BCUT2D eigenvalue weighted by Crippen LogP contribution is -2.36. The summed E-state index contributed by atoms with van der Waals surface area (Å²) < 4.78 is 2.29. The summed E-state index contributed by atoms with van der Waals surface area (Å²) in [5, 5.41) is 7.07. The van der Waals surface area contributed by atoms with E-state index in [4.69, 9.17) is 0 Å². The van der Waals surface area contributed by atoms with Crippen LogP contribution in [-0.4, -0.2) is 40.1 Å². The third-order valence-corrected chi connectivity index (χ3v) is 7.22. The van der Waals surface area contributed by atoms with Gasteiger partial charge in [0.2, 0.25) is 0 Å². The van der Waals surface area contributed by atoms with Crippen molar-refractivity contribution in [3.63, 3.8) is 0 Å². The zero-order valence-corrected chi connectivity index (χ0v) is 17.1. The maximum Gasteiger partial charge on any atom is 0.122 e. The number of nitrogens with zero attached hydrogens (tertiary/aromatic N) is 3. The van der Waals surface area contributed by atoms with Crippen LogP contribution < -0.4 is 10.6 Å². The van der Waals surface area contributed by atoms with Crippen molar-refractivity contribution in [2.24, 2.45) is 5.41 Å². The third kappa shape index (κ3) is 3.51. The molecular formula is C23H33N5. The fraction of sp³-hybridized carbons (Fsp3) is 0.609.